The minimum atomic E-state index is -0.271. The lowest BCUT2D eigenvalue weighted by Gasteiger charge is -2.32. The molecule has 11 heteroatoms. The number of imidazole rings is 1. The number of aldehydes is 1. The fraction of sp³-hybridized carbons (Fsp3) is 0.410. The number of carbonyl (C=O) groups is 3. The van der Waals surface area contributed by atoms with E-state index in [0.29, 0.717) is 40.1 Å². The first kappa shape index (κ1) is 33.9. The Kier molecular flexibility index (Phi) is 9.03. The van der Waals surface area contributed by atoms with Crippen LogP contribution in [0, 0.1) is 17.8 Å². The maximum atomic E-state index is 13.7. The van der Waals surface area contributed by atoms with E-state index in [2.05, 4.69) is 15.2 Å². The number of rotatable bonds is 10. The Balaban J connectivity index is 1.06. The van der Waals surface area contributed by atoms with Gasteiger partial charge in [0.1, 0.15) is 5.75 Å². The zero-order chi connectivity index (χ0) is 35.2. The third kappa shape index (κ3) is 5.88. The smallest absolute Gasteiger partial charge is 0.311 e. The largest absolute Gasteiger partial charge is 0.496 e. The van der Waals surface area contributed by atoms with Crippen molar-refractivity contribution < 1.29 is 23.9 Å². The summed E-state index contributed by atoms with van der Waals surface area (Å²) in [5.74, 6) is 0.520. The number of carbonyl (C=O) groups excluding carboxylic acids is 3. The molecule has 1 N–H and O–H groups in total. The van der Waals surface area contributed by atoms with Gasteiger partial charge in [-0.2, -0.15) is 0 Å². The second-order valence-corrected chi connectivity index (χ2v) is 14.5. The minimum absolute atomic E-state index is 0.0312. The van der Waals surface area contributed by atoms with E-state index in [9.17, 15) is 14.4 Å². The molecule has 50 heavy (non-hydrogen) atoms. The van der Waals surface area contributed by atoms with Gasteiger partial charge in [0.15, 0.2) is 12.1 Å². The molecule has 4 aromatic rings. The van der Waals surface area contributed by atoms with Gasteiger partial charge in [-0.15, -0.1) is 0 Å². The molecule has 0 radical (unpaired) electrons. The molecule has 1 aliphatic heterocycles. The van der Waals surface area contributed by atoms with E-state index in [4.69, 9.17) is 26.1 Å². The molecule has 2 aromatic carbocycles. The molecule has 2 aromatic heterocycles. The van der Waals surface area contributed by atoms with Crippen LogP contribution in [-0.4, -0.2) is 64.9 Å². The van der Waals surface area contributed by atoms with Crippen LogP contribution >= 0.6 is 11.6 Å². The van der Waals surface area contributed by atoms with E-state index in [-0.39, 0.29) is 22.7 Å². The number of nitrogens with zero attached hydrogens (tertiary/aromatic N) is 4. The van der Waals surface area contributed by atoms with E-state index in [0.717, 1.165) is 98.0 Å². The summed E-state index contributed by atoms with van der Waals surface area (Å²) < 4.78 is 12.5. The highest BCUT2D eigenvalue weighted by molar-refractivity contribution is 6.35. The number of hydrogen-bond donors (Lipinski definition) is 1. The average Bonchev–Trinajstić information content (AvgIpc) is 3.82. The molecule has 0 atom stereocenters. The first-order valence-electron chi connectivity index (χ1n) is 17.2. The number of hydrogen-bond acceptors (Lipinski definition) is 8. The van der Waals surface area contributed by atoms with Crippen LogP contribution in [0.15, 0.2) is 48.7 Å². The van der Waals surface area contributed by atoms with Gasteiger partial charge in [-0.25, -0.2) is 4.98 Å². The summed E-state index contributed by atoms with van der Waals surface area (Å²) >= 11 is 6.97. The maximum absolute atomic E-state index is 13.7. The van der Waals surface area contributed by atoms with E-state index in [1.807, 2.05) is 42.8 Å². The van der Waals surface area contributed by atoms with Crippen molar-refractivity contribution in [3.8, 4) is 28.1 Å². The molecule has 3 heterocycles. The number of anilines is 1. The molecule has 0 unspecified atom stereocenters. The molecular formula is C39H42ClN5O5. The van der Waals surface area contributed by atoms with Gasteiger partial charge in [-0.05, 0) is 92.8 Å². The number of esters is 1. The van der Waals surface area contributed by atoms with Crippen LogP contribution in [0.1, 0.15) is 76.5 Å². The first-order chi connectivity index (χ1) is 24.1. The highest BCUT2D eigenvalue weighted by atomic mass is 35.5. The van der Waals surface area contributed by atoms with Gasteiger partial charge in [0, 0.05) is 55.3 Å². The Morgan fingerprint density at radius 1 is 1.08 bits per heavy atom. The highest BCUT2D eigenvalue weighted by Gasteiger charge is 2.58. The van der Waals surface area contributed by atoms with Crippen LogP contribution in [0.25, 0.3) is 22.4 Å². The van der Waals surface area contributed by atoms with E-state index >= 15 is 0 Å². The van der Waals surface area contributed by atoms with E-state index in [1.54, 1.807) is 24.4 Å². The number of fused-ring (bicyclic) bond motifs is 3. The summed E-state index contributed by atoms with van der Waals surface area (Å²) in [6.07, 6.45) is 9.35. The summed E-state index contributed by atoms with van der Waals surface area (Å²) in [4.78, 5) is 49.5. The molecule has 2 saturated carbocycles. The molecule has 0 spiro atoms. The van der Waals surface area contributed by atoms with Crippen LogP contribution in [0.5, 0.6) is 5.75 Å². The summed E-state index contributed by atoms with van der Waals surface area (Å²) in [5.41, 5.74) is 6.86. The van der Waals surface area contributed by atoms with Gasteiger partial charge in [-0.1, -0.05) is 29.8 Å². The Bertz CT molecular complexity index is 2000. The number of aromatic nitrogens is 3. The third-order valence-electron chi connectivity index (χ3n) is 11.5. The quantitative estimate of drug-likeness (QED) is 0.139. The molecule has 10 nitrogen and oxygen atoms in total. The highest BCUT2D eigenvalue weighted by Crippen LogP contribution is 2.63. The number of amides is 1. The number of pyridine rings is 1. The Labute approximate surface area is 297 Å². The van der Waals surface area contributed by atoms with Gasteiger partial charge < -0.3 is 19.4 Å². The minimum Gasteiger partial charge on any atom is -0.496 e. The second-order valence-electron chi connectivity index (χ2n) is 14.1. The van der Waals surface area contributed by atoms with Crippen molar-refractivity contribution in [1.82, 2.24) is 19.4 Å². The van der Waals surface area contributed by atoms with Crippen molar-refractivity contribution in [2.24, 2.45) is 17.9 Å². The lowest BCUT2D eigenvalue weighted by atomic mass is 9.80. The van der Waals surface area contributed by atoms with Crippen molar-refractivity contribution in [3.05, 3.63) is 82.0 Å². The Morgan fingerprint density at radius 2 is 1.88 bits per heavy atom. The van der Waals surface area contributed by atoms with Crippen LogP contribution in [0.4, 0.5) is 5.69 Å². The standard InChI is InChI=1S/C39H42ClN5O5/c1-24-27(28-10-17-41-34(33(28)40)25-8-9-26(22-46)32(20-25)49-3)6-5-7-29(24)43-36(47)35-42-30-21-45(18-11-31(30)44(35)2)19-16-38-12-14-39(23-38,15-13-38)37(48)50-4/h5-10,17,20,22H,11-16,18-19,21,23H2,1-4H3,(H,43,47). The van der Waals surface area contributed by atoms with E-state index < -0.39 is 0 Å². The van der Waals surface area contributed by atoms with Gasteiger partial charge in [0.2, 0.25) is 0 Å². The van der Waals surface area contributed by atoms with Crippen molar-refractivity contribution in [2.75, 3.05) is 32.6 Å². The van der Waals surface area contributed by atoms with Gasteiger partial charge in [-0.3, -0.25) is 24.3 Å². The zero-order valence-corrected chi connectivity index (χ0v) is 29.7. The monoisotopic (exact) mass is 695 g/mol. The number of methoxy groups -OCH3 is 2. The number of benzene rings is 2. The molecule has 2 aliphatic carbocycles. The van der Waals surface area contributed by atoms with Crippen molar-refractivity contribution >= 4 is 35.5 Å². The Morgan fingerprint density at radius 3 is 2.62 bits per heavy atom. The summed E-state index contributed by atoms with van der Waals surface area (Å²) in [6, 6.07) is 12.8. The number of halogens is 1. The predicted octanol–water partition coefficient (Wildman–Crippen LogP) is 7.06. The molecule has 2 fully saturated rings. The molecule has 3 aliphatic rings. The molecule has 2 bridgehead atoms. The topological polar surface area (TPSA) is 116 Å². The summed E-state index contributed by atoms with van der Waals surface area (Å²) in [7, 11) is 4.93. The lowest BCUT2D eigenvalue weighted by Crippen LogP contribution is -2.34. The first-order valence-corrected chi connectivity index (χ1v) is 17.5. The normalized spacial score (nSPS) is 21.1. The molecular weight excluding hydrogens is 654 g/mol. The fourth-order valence-electron chi connectivity index (χ4n) is 8.58. The van der Waals surface area contributed by atoms with Crippen molar-refractivity contribution in [1.29, 1.82) is 0 Å². The average molecular weight is 696 g/mol. The zero-order valence-electron chi connectivity index (χ0n) is 29.0. The van der Waals surface area contributed by atoms with Crippen LogP contribution in [-0.2, 0) is 29.5 Å². The predicted molar refractivity (Wildman–Crippen MR) is 192 cm³/mol. The lowest BCUT2D eigenvalue weighted by molar-refractivity contribution is -0.152. The number of ether oxygens (including phenoxy) is 2. The van der Waals surface area contributed by atoms with Crippen LogP contribution < -0.4 is 10.1 Å². The Hall–Kier alpha value is -4.54. The molecule has 0 saturated heterocycles. The van der Waals surface area contributed by atoms with Crippen LogP contribution in [0.2, 0.25) is 5.02 Å². The summed E-state index contributed by atoms with van der Waals surface area (Å²) in [6.45, 7) is 4.52. The molecule has 7 rings (SSSR count). The van der Waals surface area contributed by atoms with Gasteiger partial charge >= 0.3 is 5.97 Å². The summed E-state index contributed by atoms with van der Waals surface area (Å²) in [5, 5.41) is 3.55. The van der Waals surface area contributed by atoms with Crippen molar-refractivity contribution in [3.63, 3.8) is 0 Å². The third-order valence-corrected chi connectivity index (χ3v) is 11.9. The van der Waals surface area contributed by atoms with Gasteiger partial charge in [0.25, 0.3) is 5.91 Å². The molecule has 260 valence electrons. The SMILES string of the molecule is COC(=O)C12CCC(CCN3CCc4c(nc(C(=O)Nc5cccc(-c6ccnc(-c7ccc(C=O)c(OC)c7)c6Cl)c5C)n4C)C3)(CC1)C2. The van der Waals surface area contributed by atoms with Crippen LogP contribution in [0.3, 0.4) is 0 Å². The van der Waals surface area contributed by atoms with E-state index in [1.165, 1.54) is 14.2 Å². The fourth-order valence-corrected chi connectivity index (χ4v) is 8.91. The second kappa shape index (κ2) is 13.3. The van der Waals surface area contributed by atoms with Gasteiger partial charge in [0.05, 0.1) is 41.6 Å². The van der Waals surface area contributed by atoms with Crippen molar-refractivity contribution in [2.45, 2.75) is 58.4 Å². The maximum Gasteiger partial charge on any atom is 0.311 e. The molecule has 1 amide bonds. The number of nitrogens with one attached hydrogen (secondary N) is 1.